The lowest BCUT2D eigenvalue weighted by molar-refractivity contribution is -0.127. The highest BCUT2D eigenvalue weighted by Crippen LogP contribution is 2.31. The molecule has 0 radical (unpaired) electrons. The number of rotatable bonds is 8. The van der Waals surface area contributed by atoms with Gasteiger partial charge in [-0.1, -0.05) is 56.3 Å². The smallest absolute Gasteiger partial charge is 0.242 e. The maximum Gasteiger partial charge on any atom is 0.242 e. The molecule has 3 aromatic rings. The predicted octanol–water partition coefficient (Wildman–Crippen LogP) is 4.70. The second-order valence-corrected chi connectivity index (χ2v) is 6.79. The van der Waals surface area contributed by atoms with Crippen molar-refractivity contribution in [3.63, 3.8) is 0 Å². The summed E-state index contributed by atoms with van der Waals surface area (Å²) in [5.74, 6) is 1.36. The second-order valence-electron chi connectivity index (χ2n) is 6.79. The Morgan fingerprint density at radius 3 is 2.46 bits per heavy atom. The predicted molar refractivity (Wildman–Crippen MR) is 111 cm³/mol. The second kappa shape index (κ2) is 8.93. The lowest BCUT2D eigenvalue weighted by atomic mass is 10.0. The summed E-state index contributed by atoms with van der Waals surface area (Å²) in [6.07, 6.45) is 0. The molecule has 5 nitrogen and oxygen atoms in total. The standard InChI is InChI=1S/C23H28N2O3/c1-5-25(6-2)21(17-11-8-7-9-12-17)23(26)24-16(3)20-15-18-13-10-14-19(27-4)22(18)28-20/h7-16,21H,5-6H2,1-4H3,(H,24,26). The number of ether oxygens (including phenoxy) is 1. The first-order valence-corrected chi connectivity index (χ1v) is 9.74. The van der Waals surface area contributed by atoms with Crippen LogP contribution in [0, 0.1) is 0 Å². The minimum Gasteiger partial charge on any atom is -0.493 e. The van der Waals surface area contributed by atoms with Crippen LogP contribution in [0.4, 0.5) is 0 Å². The number of para-hydroxylation sites is 1. The van der Waals surface area contributed by atoms with Crippen LogP contribution in [0.15, 0.2) is 59.0 Å². The summed E-state index contributed by atoms with van der Waals surface area (Å²) >= 11 is 0. The topological polar surface area (TPSA) is 54.7 Å². The molecule has 0 aliphatic carbocycles. The number of fused-ring (bicyclic) bond motifs is 1. The van der Waals surface area contributed by atoms with Gasteiger partial charge in [-0.3, -0.25) is 9.69 Å². The fourth-order valence-corrected chi connectivity index (χ4v) is 3.55. The Morgan fingerprint density at radius 2 is 1.82 bits per heavy atom. The Bertz CT molecular complexity index is 916. The molecule has 3 rings (SSSR count). The molecule has 1 heterocycles. The highest BCUT2D eigenvalue weighted by Gasteiger charge is 2.27. The zero-order chi connectivity index (χ0) is 20.1. The van der Waals surface area contributed by atoms with E-state index in [9.17, 15) is 4.79 Å². The molecular weight excluding hydrogens is 352 g/mol. The number of nitrogens with one attached hydrogen (secondary N) is 1. The van der Waals surface area contributed by atoms with E-state index < -0.39 is 0 Å². The molecule has 1 aromatic heterocycles. The molecule has 0 spiro atoms. The molecule has 2 unspecified atom stereocenters. The van der Waals surface area contributed by atoms with Gasteiger partial charge in [-0.15, -0.1) is 0 Å². The van der Waals surface area contributed by atoms with E-state index in [4.69, 9.17) is 9.15 Å². The number of likely N-dealkylation sites (N-methyl/N-ethyl adjacent to an activating group) is 1. The van der Waals surface area contributed by atoms with Crippen LogP contribution < -0.4 is 10.1 Å². The van der Waals surface area contributed by atoms with Crippen LogP contribution in [0.1, 0.15) is 44.2 Å². The van der Waals surface area contributed by atoms with E-state index in [1.807, 2.05) is 61.5 Å². The molecule has 0 fully saturated rings. The zero-order valence-electron chi connectivity index (χ0n) is 16.9. The molecule has 0 aliphatic heterocycles. The molecule has 148 valence electrons. The van der Waals surface area contributed by atoms with Gasteiger partial charge in [0.2, 0.25) is 5.91 Å². The Balaban J connectivity index is 1.85. The molecule has 0 bridgehead atoms. The van der Waals surface area contributed by atoms with Crippen LogP contribution in [0.2, 0.25) is 0 Å². The first-order valence-electron chi connectivity index (χ1n) is 9.74. The molecule has 1 N–H and O–H groups in total. The highest BCUT2D eigenvalue weighted by molar-refractivity contribution is 5.85. The summed E-state index contributed by atoms with van der Waals surface area (Å²) in [6, 6.07) is 17.0. The molecule has 2 atom stereocenters. The monoisotopic (exact) mass is 380 g/mol. The van der Waals surface area contributed by atoms with E-state index in [-0.39, 0.29) is 18.0 Å². The Kier molecular flexibility index (Phi) is 6.37. The van der Waals surface area contributed by atoms with Crippen molar-refractivity contribution in [2.45, 2.75) is 32.9 Å². The van der Waals surface area contributed by atoms with Crippen molar-refractivity contribution >= 4 is 16.9 Å². The molecule has 0 aliphatic rings. The van der Waals surface area contributed by atoms with Crippen LogP contribution in [-0.2, 0) is 4.79 Å². The number of carbonyl (C=O) groups is 1. The summed E-state index contributed by atoms with van der Waals surface area (Å²) in [5.41, 5.74) is 1.69. The van der Waals surface area contributed by atoms with Gasteiger partial charge in [0.05, 0.1) is 13.2 Å². The van der Waals surface area contributed by atoms with Crippen molar-refractivity contribution in [3.05, 3.63) is 65.9 Å². The molecular formula is C23H28N2O3. The van der Waals surface area contributed by atoms with E-state index >= 15 is 0 Å². The Labute approximate surface area is 166 Å². The highest BCUT2D eigenvalue weighted by atomic mass is 16.5. The average molecular weight is 380 g/mol. The number of nitrogens with zero attached hydrogens (tertiary/aromatic N) is 1. The minimum absolute atomic E-state index is 0.0326. The van der Waals surface area contributed by atoms with Crippen molar-refractivity contribution in [1.82, 2.24) is 10.2 Å². The maximum absolute atomic E-state index is 13.2. The fraction of sp³-hybridized carbons (Fsp3) is 0.348. The van der Waals surface area contributed by atoms with Crippen molar-refractivity contribution in [2.24, 2.45) is 0 Å². The van der Waals surface area contributed by atoms with Crippen molar-refractivity contribution < 1.29 is 13.9 Å². The van der Waals surface area contributed by atoms with E-state index in [1.54, 1.807) is 7.11 Å². The molecule has 5 heteroatoms. The van der Waals surface area contributed by atoms with Gasteiger partial charge in [-0.25, -0.2) is 0 Å². The number of hydrogen-bond donors (Lipinski definition) is 1. The SMILES string of the molecule is CCN(CC)C(C(=O)NC(C)c1cc2cccc(OC)c2o1)c1ccccc1. The largest absolute Gasteiger partial charge is 0.493 e. The summed E-state index contributed by atoms with van der Waals surface area (Å²) in [4.78, 5) is 15.4. The van der Waals surface area contributed by atoms with Gasteiger partial charge in [-0.2, -0.15) is 0 Å². The first kappa shape index (κ1) is 20.0. The lowest BCUT2D eigenvalue weighted by Gasteiger charge is -2.30. The Hall–Kier alpha value is -2.79. The number of benzene rings is 2. The van der Waals surface area contributed by atoms with E-state index in [1.165, 1.54) is 0 Å². The van der Waals surface area contributed by atoms with Gasteiger partial charge in [0.15, 0.2) is 11.3 Å². The maximum atomic E-state index is 13.2. The number of carbonyl (C=O) groups excluding carboxylic acids is 1. The third kappa shape index (κ3) is 4.04. The molecule has 28 heavy (non-hydrogen) atoms. The van der Waals surface area contributed by atoms with Crippen LogP contribution in [0.25, 0.3) is 11.0 Å². The third-order valence-corrected chi connectivity index (χ3v) is 5.07. The third-order valence-electron chi connectivity index (χ3n) is 5.07. The fourth-order valence-electron chi connectivity index (χ4n) is 3.55. The minimum atomic E-state index is -0.336. The number of furan rings is 1. The van der Waals surface area contributed by atoms with E-state index in [0.29, 0.717) is 17.1 Å². The van der Waals surface area contributed by atoms with Gasteiger partial charge < -0.3 is 14.5 Å². The van der Waals surface area contributed by atoms with Crippen LogP contribution >= 0.6 is 0 Å². The van der Waals surface area contributed by atoms with Crippen LogP contribution in [-0.4, -0.2) is 31.0 Å². The van der Waals surface area contributed by atoms with E-state index in [2.05, 4.69) is 24.1 Å². The summed E-state index contributed by atoms with van der Waals surface area (Å²) < 4.78 is 11.4. The molecule has 2 aromatic carbocycles. The van der Waals surface area contributed by atoms with Crippen molar-refractivity contribution in [1.29, 1.82) is 0 Å². The van der Waals surface area contributed by atoms with E-state index in [0.717, 1.165) is 24.0 Å². The first-order chi connectivity index (χ1) is 13.6. The van der Waals surface area contributed by atoms with Gasteiger partial charge >= 0.3 is 0 Å². The van der Waals surface area contributed by atoms with Crippen molar-refractivity contribution in [3.8, 4) is 5.75 Å². The molecule has 0 saturated heterocycles. The van der Waals surface area contributed by atoms with Crippen LogP contribution in [0.3, 0.4) is 0 Å². The number of hydrogen-bond acceptors (Lipinski definition) is 4. The number of amides is 1. The summed E-state index contributed by atoms with van der Waals surface area (Å²) in [6.45, 7) is 7.66. The van der Waals surface area contributed by atoms with Gasteiger partial charge in [0.1, 0.15) is 11.8 Å². The number of methoxy groups -OCH3 is 1. The summed E-state index contributed by atoms with van der Waals surface area (Å²) in [5, 5.41) is 4.08. The summed E-state index contributed by atoms with van der Waals surface area (Å²) in [7, 11) is 1.62. The lowest BCUT2D eigenvalue weighted by Crippen LogP contribution is -2.41. The Morgan fingerprint density at radius 1 is 1.11 bits per heavy atom. The molecule has 1 amide bonds. The zero-order valence-corrected chi connectivity index (χ0v) is 16.9. The van der Waals surface area contributed by atoms with Crippen LogP contribution in [0.5, 0.6) is 5.75 Å². The normalized spacial score (nSPS) is 13.5. The van der Waals surface area contributed by atoms with Gasteiger partial charge in [0, 0.05) is 5.39 Å². The average Bonchev–Trinajstić information content (AvgIpc) is 3.17. The van der Waals surface area contributed by atoms with Gasteiger partial charge in [-0.05, 0) is 37.7 Å². The molecule has 0 saturated carbocycles. The van der Waals surface area contributed by atoms with Gasteiger partial charge in [0.25, 0.3) is 0 Å². The quantitative estimate of drug-likeness (QED) is 0.615. The van der Waals surface area contributed by atoms with Crippen molar-refractivity contribution in [2.75, 3.05) is 20.2 Å².